The number of carbonyl (C=O) groups is 1. The average Bonchev–Trinajstić information content (AvgIpc) is 2.56. The number of likely N-dealkylation sites (tertiary alicyclic amines) is 2. The Hall–Kier alpha value is -1.79. The summed E-state index contributed by atoms with van der Waals surface area (Å²) in [5.41, 5.74) is 6.40. The number of nitrogens with two attached hydrogens (primary N) is 1. The lowest BCUT2D eigenvalue weighted by Gasteiger charge is -2.56. The molecule has 26 heavy (non-hydrogen) atoms. The van der Waals surface area contributed by atoms with Crippen molar-refractivity contribution >= 4 is 5.91 Å². The van der Waals surface area contributed by atoms with Crippen molar-refractivity contribution in [3.63, 3.8) is 0 Å². The standard InChI is InChI=1S/C20H31N3O3/c1-19-10-20(2,12-22(3)11-19)14-23(13-19)18(24)16-6-5-15(25-4)9-17(16)26-8-7-21/h5-6,9H,7-8,10-14,21H2,1-4H3. The second kappa shape index (κ2) is 7.08. The lowest BCUT2D eigenvalue weighted by molar-refractivity contribution is -0.0554. The molecule has 6 nitrogen and oxygen atoms in total. The molecule has 2 bridgehead atoms. The van der Waals surface area contributed by atoms with Crippen LogP contribution in [0.4, 0.5) is 0 Å². The highest BCUT2D eigenvalue weighted by molar-refractivity contribution is 5.97. The normalized spacial score (nSPS) is 28.7. The Morgan fingerprint density at radius 3 is 2.42 bits per heavy atom. The maximum absolute atomic E-state index is 13.3. The molecule has 2 heterocycles. The van der Waals surface area contributed by atoms with Gasteiger partial charge < -0.3 is 25.0 Å². The molecule has 0 spiro atoms. The van der Waals surface area contributed by atoms with Crippen LogP contribution < -0.4 is 15.2 Å². The molecule has 2 unspecified atom stereocenters. The van der Waals surface area contributed by atoms with Gasteiger partial charge in [-0.2, -0.15) is 0 Å². The summed E-state index contributed by atoms with van der Waals surface area (Å²) in [6, 6.07) is 5.38. The molecular formula is C20H31N3O3. The molecular weight excluding hydrogens is 330 g/mol. The number of methoxy groups -OCH3 is 1. The van der Waals surface area contributed by atoms with Gasteiger partial charge in [0.25, 0.3) is 5.91 Å². The molecule has 1 amide bonds. The Kier molecular flexibility index (Phi) is 5.17. The van der Waals surface area contributed by atoms with Crippen LogP contribution in [0.3, 0.4) is 0 Å². The van der Waals surface area contributed by atoms with Gasteiger partial charge in [0.2, 0.25) is 0 Å². The molecule has 1 aromatic rings. The summed E-state index contributed by atoms with van der Waals surface area (Å²) in [5.74, 6) is 1.24. The number of benzene rings is 1. The van der Waals surface area contributed by atoms with Crippen molar-refractivity contribution in [2.75, 3.05) is 53.5 Å². The summed E-state index contributed by atoms with van der Waals surface area (Å²) in [6.07, 6.45) is 1.16. The molecule has 2 fully saturated rings. The molecule has 0 radical (unpaired) electrons. The van der Waals surface area contributed by atoms with E-state index < -0.39 is 0 Å². The van der Waals surface area contributed by atoms with E-state index in [2.05, 4.69) is 25.8 Å². The number of piperidine rings is 2. The Bertz CT molecular complexity index is 660. The van der Waals surface area contributed by atoms with Gasteiger partial charge in [-0.15, -0.1) is 0 Å². The van der Waals surface area contributed by atoms with Gasteiger partial charge in [-0.3, -0.25) is 4.79 Å². The van der Waals surface area contributed by atoms with E-state index in [0.29, 0.717) is 30.2 Å². The minimum atomic E-state index is 0.0291. The van der Waals surface area contributed by atoms with Crippen molar-refractivity contribution in [1.29, 1.82) is 0 Å². The van der Waals surface area contributed by atoms with Crippen LogP contribution in [-0.2, 0) is 0 Å². The molecule has 2 atom stereocenters. The van der Waals surface area contributed by atoms with Crippen LogP contribution in [0.25, 0.3) is 0 Å². The monoisotopic (exact) mass is 361 g/mol. The quantitative estimate of drug-likeness (QED) is 0.867. The Labute approximate surface area is 156 Å². The number of fused-ring (bicyclic) bond motifs is 2. The molecule has 2 aliphatic heterocycles. The second-order valence-electron chi connectivity index (χ2n) is 8.63. The SMILES string of the molecule is COc1ccc(C(=O)N2CC3(C)CN(C)CC(C)(C2)C3)c(OCCN)c1. The molecule has 0 saturated carbocycles. The van der Waals surface area contributed by atoms with Gasteiger partial charge in [0, 0.05) is 38.8 Å². The third-order valence-electron chi connectivity index (χ3n) is 5.38. The van der Waals surface area contributed by atoms with E-state index in [1.54, 1.807) is 19.2 Å². The summed E-state index contributed by atoms with van der Waals surface area (Å²) in [5, 5.41) is 0. The number of nitrogens with zero attached hydrogens (tertiary/aromatic N) is 2. The lowest BCUT2D eigenvalue weighted by Crippen LogP contribution is -2.62. The van der Waals surface area contributed by atoms with E-state index >= 15 is 0 Å². The van der Waals surface area contributed by atoms with E-state index in [1.165, 1.54) is 0 Å². The molecule has 3 rings (SSSR count). The number of ether oxygens (including phenoxy) is 2. The zero-order valence-electron chi connectivity index (χ0n) is 16.4. The maximum Gasteiger partial charge on any atom is 0.257 e. The molecule has 0 aromatic heterocycles. The van der Waals surface area contributed by atoms with Crippen LogP contribution >= 0.6 is 0 Å². The van der Waals surface area contributed by atoms with Gasteiger partial charge in [-0.25, -0.2) is 0 Å². The van der Waals surface area contributed by atoms with Gasteiger partial charge in [0.05, 0.1) is 12.7 Å². The largest absolute Gasteiger partial charge is 0.497 e. The van der Waals surface area contributed by atoms with Gasteiger partial charge >= 0.3 is 0 Å². The van der Waals surface area contributed by atoms with Crippen LogP contribution in [0.5, 0.6) is 11.5 Å². The maximum atomic E-state index is 13.3. The summed E-state index contributed by atoms with van der Waals surface area (Å²) < 4.78 is 11.0. The van der Waals surface area contributed by atoms with Crippen molar-refractivity contribution in [3.05, 3.63) is 23.8 Å². The molecule has 2 saturated heterocycles. The highest BCUT2D eigenvalue weighted by Gasteiger charge is 2.48. The van der Waals surface area contributed by atoms with Crippen molar-refractivity contribution < 1.29 is 14.3 Å². The highest BCUT2D eigenvalue weighted by atomic mass is 16.5. The topological polar surface area (TPSA) is 68.0 Å². The first kappa shape index (κ1) is 19.0. The Morgan fingerprint density at radius 2 is 1.85 bits per heavy atom. The van der Waals surface area contributed by atoms with Gasteiger partial charge in [0.1, 0.15) is 18.1 Å². The second-order valence-corrected chi connectivity index (χ2v) is 8.63. The van der Waals surface area contributed by atoms with Crippen molar-refractivity contribution in [1.82, 2.24) is 9.80 Å². The predicted molar refractivity (Wildman–Crippen MR) is 102 cm³/mol. The fourth-order valence-electron chi connectivity index (χ4n) is 5.10. The minimum absolute atomic E-state index is 0.0291. The fourth-order valence-corrected chi connectivity index (χ4v) is 5.10. The van der Waals surface area contributed by atoms with Crippen LogP contribution in [0.15, 0.2) is 18.2 Å². The fraction of sp³-hybridized carbons (Fsp3) is 0.650. The summed E-state index contributed by atoms with van der Waals surface area (Å²) in [7, 11) is 3.78. The molecule has 6 heteroatoms. The van der Waals surface area contributed by atoms with Crippen molar-refractivity contribution in [2.45, 2.75) is 20.3 Å². The smallest absolute Gasteiger partial charge is 0.257 e. The van der Waals surface area contributed by atoms with E-state index in [4.69, 9.17) is 15.2 Å². The summed E-state index contributed by atoms with van der Waals surface area (Å²) >= 11 is 0. The first-order valence-electron chi connectivity index (χ1n) is 9.26. The Balaban J connectivity index is 1.87. The number of amides is 1. The molecule has 0 aliphatic carbocycles. The van der Waals surface area contributed by atoms with Crippen LogP contribution in [0.2, 0.25) is 0 Å². The Morgan fingerprint density at radius 1 is 1.19 bits per heavy atom. The average molecular weight is 361 g/mol. The van der Waals surface area contributed by atoms with Gasteiger partial charge in [-0.1, -0.05) is 13.8 Å². The summed E-state index contributed by atoms with van der Waals surface area (Å²) in [6.45, 7) is 8.93. The van der Waals surface area contributed by atoms with Crippen LogP contribution in [0, 0.1) is 10.8 Å². The van der Waals surface area contributed by atoms with Gasteiger partial charge in [-0.05, 0) is 36.4 Å². The zero-order valence-corrected chi connectivity index (χ0v) is 16.4. The molecule has 1 aromatic carbocycles. The molecule has 2 N–H and O–H groups in total. The van der Waals surface area contributed by atoms with E-state index in [9.17, 15) is 4.79 Å². The number of hydrogen-bond acceptors (Lipinski definition) is 5. The number of carbonyl (C=O) groups excluding carboxylic acids is 1. The first-order chi connectivity index (χ1) is 12.3. The molecule has 2 aliphatic rings. The highest BCUT2D eigenvalue weighted by Crippen LogP contribution is 2.45. The van der Waals surface area contributed by atoms with Crippen LogP contribution in [0.1, 0.15) is 30.6 Å². The third-order valence-corrected chi connectivity index (χ3v) is 5.38. The lowest BCUT2D eigenvalue weighted by atomic mass is 9.65. The zero-order chi connectivity index (χ0) is 18.9. The van der Waals surface area contributed by atoms with Crippen LogP contribution in [-0.4, -0.2) is 69.2 Å². The van der Waals surface area contributed by atoms with E-state index in [-0.39, 0.29) is 16.7 Å². The van der Waals surface area contributed by atoms with Gasteiger partial charge in [0.15, 0.2) is 0 Å². The minimum Gasteiger partial charge on any atom is -0.497 e. The first-order valence-corrected chi connectivity index (χ1v) is 9.26. The van der Waals surface area contributed by atoms with E-state index in [1.807, 2.05) is 11.0 Å². The predicted octanol–water partition coefficient (Wildman–Crippen LogP) is 1.84. The molecule has 144 valence electrons. The van der Waals surface area contributed by atoms with Crippen molar-refractivity contribution in [3.8, 4) is 11.5 Å². The number of hydrogen-bond donors (Lipinski definition) is 1. The van der Waals surface area contributed by atoms with Crippen molar-refractivity contribution in [2.24, 2.45) is 16.6 Å². The summed E-state index contributed by atoms with van der Waals surface area (Å²) in [4.78, 5) is 17.7. The number of rotatable bonds is 5. The van der Waals surface area contributed by atoms with E-state index in [0.717, 1.165) is 32.6 Å². The third kappa shape index (κ3) is 3.81.